The highest BCUT2D eigenvalue weighted by Crippen LogP contribution is 2.50. The maximum Gasteiger partial charge on any atom is 0.294 e. The number of benzene rings is 2. The number of phenols is 5. The van der Waals surface area contributed by atoms with Crippen LogP contribution in [0.1, 0.15) is 16.8 Å². The SMILES string of the molecule is Nc1nc(C(O)(O)C(=O)Nc2ccc(CCNCCc3c(O)c(O)c(O)c(O)c3O)cc2)c(O)s1. The maximum absolute atomic E-state index is 12.3. The zero-order valence-corrected chi connectivity index (χ0v) is 18.9. The van der Waals surface area contributed by atoms with Gasteiger partial charge in [0, 0.05) is 11.3 Å². The molecule has 0 fully saturated rings. The lowest BCUT2D eigenvalue weighted by Crippen LogP contribution is -2.40. The number of nitrogens with two attached hydrogens (primary N) is 1. The quantitative estimate of drug-likeness (QED) is 0.0798. The highest BCUT2D eigenvalue weighted by molar-refractivity contribution is 7.17. The van der Waals surface area contributed by atoms with Crippen molar-refractivity contribution in [3.05, 3.63) is 41.1 Å². The number of aromatic hydroxyl groups is 6. The molecule has 0 bridgehead atoms. The number of thiazole rings is 1. The molecule has 2 aromatic carbocycles. The van der Waals surface area contributed by atoms with Crippen molar-refractivity contribution >= 4 is 28.1 Å². The molecule has 1 aromatic heterocycles. The van der Waals surface area contributed by atoms with Crippen molar-refractivity contribution < 1.29 is 45.6 Å². The minimum absolute atomic E-state index is 0.0499. The topological polar surface area (TPSA) is 242 Å². The number of nitrogens with one attached hydrogen (secondary N) is 2. The van der Waals surface area contributed by atoms with E-state index in [4.69, 9.17) is 5.73 Å². The van der Waals surface area contributed by atoms with Gasteiger partial charge in [0.05, 0.1) is 0 Å². The summed E-state index contributed by atoms with van der Waals surface area (Å²) in [5, 5.41) is 82.7. The zero-order valence-electron chi connectivity index (χ0n) is 18.1. The normalized spacial score (nSPS) is 11.5. The number of rotatable bonds is 9. The number of amides is 1. The predicted octanol–water partition coefficient (Wildman–Crippen LogP) is 0.110. The van der Waals surface area contributed by atoms with E-state index in [-0.39, 0.29) is 29.3 Å². The summed E-state index contributed by atoms with van der Waals surface area (Å²) in [6, 6.07) is 6.47. The van der Waals surface area contributed by atoms with Crippen molar-refractivity contribution in [2.75, 3.05) is 24.1 Å². The van der Waals surface area contributed by atoms with E-state index in [1.807, 2.05) is 0 Å². The van der Waals surface area contributed by atoms with Crippen LogP contribution in [0.25, 0.3) is 0 Å². The second kappa shape index (κ2) is 10.1. The molecule has 14 heteroatoms. The van der Waals surface area contributed by atoms with Crippen LogP contribution in [0.4, 0.5) is 10.8 Å². The van der Waals surface area contributed by atoms with Crippen molar-refractivity contribution in [3.63, 3.8) is 0 Å². The Morgan fingerprint density at radius 1 is 0.886 bits per heavy atom. The monoisotopic (exact) mass is 508 g/mol. The van der Waals surface area contributed by atoms with E-state index in [0.717, 1.165) is 5.56 Å². The largest absolute Gasteiger partial charge is 0.504 e. The minimum atomic E-state index is -3.09. The molecule has 0 atom stereocenters. The zero-order chi connectivity index (χ0) is 25.9. The van der Waals surface area contributed by atoms with E-state index in [1.165, 1.54) is 12.1 Å². The molecule has 12 N–H and O–H groups in total. The van der Waals surface area contributed by atoms with Crippen LogP contribution in [0.5, 0.6) is 33.8 Å². The van der Waals surface area contributed by atoms with Gasteiger partial charge in [-0.15, -0.1) is 0 Å². The molecule has 13 nitrogen and oxygen atoms in total. The van der Waals surface area contributed by atoms with Crippen LogP contribution in [0.2, 0.25) is 0 Å². The van der Waals surface area contributed by atoms with Gasteiger partial charge in [0.1, 0.15) is 0 Å². The van der Waals surface area contributed by atoms with Gasteiger partial charge >= 0.3 is 0 Å². The molecular weight excluding hydrogens is 484 g/mol. The summed E-state index contributed by atoms with van der Waals surface area (Å²) < 4.78 is 0. The number of hydrogen-bond donors (Lipinski definition) is 11. The number of aromatic nitrogens is 1. The van der Waals surface area contributed by atoms with Gasteiger partial charge in [0.25, 0.3) is 11.7 Å². The third kappa shape index (κ3) is 5.41. The van der Waals surface area contributed by atoms with Gasteiger partial charge in [-0.05, 0) is 43.6 Å². The summed E-state index contributed by atoms with van der Waals surface area (Å²) in [6.45, 7) is 0.742. The van der Waals surface area contributed by atoms with Gasteiger partial charge in [-0.3, -0.25) is 4.79 Å². The molecule has 1 heterocycles. The van der Waals surface area contributed by atoms with Crippen molar-refractivity contribution in [1.82, 2.24) is 10.3 Å². The molecule has 3 rings (SSSR count). The summed E-state index contributed by atoms with van der Waals surface area (Å²) in [5.41, 5.74) is 5.74. The molecule has 0 radical (unpaired) electrons. The summed E-state index contributed by atoms with van der Waals surface area (Å²) >= 11 is 0.594. The van der Waals surface area contributed by atoms with Crippen LogP contribution >= 0.6 is 11.3 Å². The fourth-order valence-corrected chi connectivity index (χ4v) is 3.80. The Balaban J connectivity index is 1.50. The number of nitrogens with zero attached hydrogens (tertiary/aromatic N) is 1. The molecule has 0 aliphatic rings. The Morgan fingerprint density at radius 2 is 1.43 bits per heavy atom. The van der Waals surface area contributed by atoms with Gasteiger partial charge in [0.15, 0.2) is 22.3 Å². The number of carbonyl (C=O) groups is 1. The lowest BCUT2D eigenvalue weighted by atomic mass is 10.1. The van der Waals surface area contributed by atoms with Crippen molar-refractivity contribution in [3.8, 4) is 33.8 Å². The third-order valence-electron chi connectivity index (χ3n) is 5.10. The lowest BCUT2D eigenvalue weighted by molar-refractivity contribution is -0.185. The first-order valence-corrected chi connectivity index (χ1v) is 10.9. The van der Waals surface area contributed by atoms with Gasteiger partial charge in [-0.25, -0.2) is 4.98 Å². The van der Waals surface area contributed by atoms with E-state index in [1.54, 1.807) is 12.1 Å². The van der Waals surface area contributed by atoms with Crippen molar-refractivity contribution in [1.29, 1.82) is 0 Å². The Hall–Kier alpha value is -3.98. The smallest absolute Gasteiger partial charge is 0.294 e. The van der Waals surface area contributed by atoms with Crippen molar-refractivity contribution in [2.24, 2.45) is 0 Å². The average Bonchev–Trinajstić information content (AvgIpc) is 3.17. The molecule has 35 heavy (non-hydrogen) atoms. The first kappa shape index (κ1) is 25.6. The van der Waals surface area contributed by atoms with Crippen LogP contribution in [0, 0.1) is 0 Å². The van der Waals surface area contributed by atoms with Gasteiger partial charge in [0.2, 0.25) is 22.3 Å². The number of phenolic OH excluding ortho intramolecular Hbond substituents is 5. The van der Waals surface area contributed by atoms with E-state index in [0.29, 0.717) is 24.3 Å². The standard InChI is InChI=1S/C21H24N4O9S/c22-20-25-17(18(31)35-20)21(33,34)19(32)24-10-3-1-9(2-4-10)5-7-23-8-6-11-12(26)14(28)16(30)15(29)13(11)27/h1-4,23,26-31,33-34H,5-8H2,(H2,22,25)(H,24,32). The van der Waals surface area contributed by atoms with Crippen LogP contribution in [-0.4, -0.2) is 64.8 Å². The Bertz CT molecular complexity index is 1200. The number of nitrogen functional groups attached to an aromatic ring is 1. The molecule has 0 aliphatic heterocycles. The van der Waals surface area contributed by atoms with Crippen LogP contribution in [0.3, 0.4) is 0 Å². The molecule has 0 spiro atoms. The molecule has 188 valence electrons. The van der Waals surface area contributed by atoms with Crippen LogP contribution < -0.4 is 16.4 Å². The molecule has 1 amide bonds. The first-order chi connectivity index (χ1) is 16.4. The fourth-order valence-electron chi connectivity index (χ4n) is 3.18. The number of hydrogen-bond acceptors (Lipinski definition) is 13. The summed E-state index contributed by atoms with van der Waals surface area (Å²) in [4.78, 5) is 15.8. The van der Waals surface area contributed by atoms with E-state index in [2.05, 4.69) is 15.6 Å². The fraction of sp³-hybridized carbons (Fsp3) is 0.238. The average molecular weight is 509 g/mol. The third-order valence-corrected chi connectivity index (χ3v) is 5.78. The Morgan fingerprint density at radius 3 is 1.97 bits per heavy atom. The number of aliphatic hydroxyl groups is 2. The molecular formula is C21H24N4O9S. The number of anilines is 2. The minimum Gasteiger partial charge on any atom is -0.504 e. The molecule has 0 saturated carbocycles. The summed E-state index contributed by atoms with van der Waals surface area (Å²) in [6.07, 6.45) is 0.600. The van der Waals surface area contributed by atoms with Gasteiger partial charge < -0.3 is 57.2 Å². The number of carbonyl (C=O) groups excluding carboxylic acids is 1. The van der Waals surface area contributed by atoms with Gasteiger partial charge in [-0.2, -0.15) is 0 Å². The van der Waals surface area contributed by atoms with Gasteiger partial charge in [-0.1, -0.05) is 23.5 Å². The summed E-state index contributed by atoms with van der Waals surface area (Å²) in [5.74, 6) is -8.61. The Labute approximate surface area is 202 Å². The van der Waals surface area contributed by atoms with E-state index < -0.39 is 51.2 Å². The molecule has 0 saturated heterocycles. The predicted molar refractivity (Wildman–Crippen MR) is 124 cm³/mol. The highest BCUT2D eigenvalue weighted by atomic mass is 32.1. The van der Waals surface area contributed by atoms with E-state index in [9.17, 15) is 45.6 Å². The van der Waals surface area contributed by atoms with Crippen molar-refractivity contribution in [2.45, 2.75) is 18.6 Å². The molecule has 3 aromatic rings. The molecule has 0 unspecified atom stereocenters. The van der Waals surface area contributed by atoms with E-state index >= 15 is 0 Å². The highest BCUT2D eigenvalue weighted by Gasteiger charge is 2.41. The second-order valence-electron chi connectivity index (χ2n) is 7.50. The Kier molecular flexibility index (Phi) is 7.40. The maximum atomic E-state index is 12.3. The summed E-state index contributed by atoms with van der Waals surface area (Å²) in [7, 11) is 0. The lowest BCUT2D eigenvalue weighted by Gasteiger charge is -2.19. The van der Waals surface area contributed by atoms with Crippen LogP contribution in [-0.2, 0) is 23.4 Å². The first-order valence-electron chi connectivity index (χ1n) is 10.1. The second-order valence-corrected chi connectivity index (χ2v) is 8.51. The van der Waals surface area contributed by atoms with Crippen LogP contribution in [0.15, 0.2) is 24.3 Å². The molecule has 0 aliphatic carbocycles.